The molecule has 2 bridgehead atoms. The van der Waals surface area contributed by atoms with E-state index in [0.717, 1.165) is 10.9 Å². The Morgan fingerprint density at radius 2 is 1.41 bits per heavy atom. The van der Waals surface area contributed by atoms with Crippen molar-refractivity contribution in [1.82, 2.24) is 39.0 Å². The maximum Gasteiger partial charge on any atom is 0.280 e. The van der Waals surface area contributed by atoms with Crippen LogP contribution in [0.15, 0.2) is 164 Å². The Morgan fingerprint density at radius 1 is 0.815 bits per heavy atom. The van der Waals surface area contributed by atoms with Gasteiger partial charge >= 0.3 is 0 Å². The van der Waals surface area contributed by atoms with Gasteiger partial charge in [-0.25, -0.2) is 29.3 Å². The molecule has 25 nitrogen and oxygen atoms in total. The minimum atomic E-state index is -5.70. The average molecular weight is 1300 g/mol. The van der Waals surface area contributed by atoms with E-state index in [1.807, 2.05) is 119 Å². The molecule has 482 valence electrons. The number of halogens is 1. The van der Waals surface area contributed by atoms with E-state index in [-0.39, 0.29) is 45.7 Å². The van der Waals surface area contributed by atoms with Crippen molar-refractivity contribution in [3.63, 3.8) is 0 Å². The molecule has 0 radical (unpaired) electrons. The summed E-state index contributed by atoms with van der Waals surface area (Å²) in [7, 11) is -5.35. The summed E-state index contributed by atoms with van der Waals surface area (Å²) in [6.45, 7) is 12.0. The number of rotatable bonds is 21. The first-order valence-electron chi connectivity index (χ1n) is 29.7. The highest BCUT2D eigenvalue weighted by molar-refractivity contribution is 7.45. The standard InChI is InChI=1S/C59H66FN10O14PSi.C5H5N/c1-34(2)51(71)67-56-66-50-44(53(73)68-56)64-33-70(50)54-45(42(60)41(81-54)28-79-59(36-18-14-11-15-19-36,37-20-24-39(76-6)25-21-37)38-22-26-40(77-7)27-23-38)83-85(74,75)80-30-58-29-78-46(47(58)84-86(8,9)57(3,4)5)55(82-58)69-32-63-43-48(61-31-62-49(43)69)65-52(72)35-16-12-10-13-17-35;1-2-4-6-5-3-1/h10-27,31-34,41-42,45-47,54-55H,28-30H2,1-9H3,(H,74,75)(H,61,62,65,72)(H2,66,67,68,71,73);1-5H/t41-,42?,45-,46-,47+,54-,55-,58-;/m1./s1. The molecule has 3 saturated heterocycles. The zero-order chi connectivity index (χ0) is 65.2. The number of nitrogens with one attached hydrogen (secondary N) is 4. The Morgan fingerprint density at radius 3 is 2.00 bits per heavy atom. The second-order valence-corrected chi connectivity index (χ2v) is 30.2. The van der Waals surface area contributed by atoms with Gasteiger partial charge < -0.3 is 52.1 Å². The summed E-state index contributed by atoms with van der Waals surface area (Å²) in [6, 6.07) is 38.0. The van der Waals surface area contributed by atoms with Crippen molar-refractivity contribution in [2.75, 3.05) is 44.7 Å². The Labute approximate surface area is 529 Å². The highest BCUT2D eigenvalue weighted by Gasteiger charge is 2.65. The van der Waals surface area contributed by atoms with Crippen molar-refractivity contribution in [1.29, 1.82) is 0 Å². The number of alkyl halides is 1. The van der Waals surface area contributed by atoms with Crippen molar-refractivity contribution in [3.05, 3.63) is 191 Å². The second kappa shape index (κ2) is 26.6. The lowest BCUT2D eigenvalue weighted by Gasteiger charge is -2.41. The average Bonchev–Trinajstić information content (AvgIpc) is 1.53. The van der Waals surface area contributed by atoms with Crippen LogP contribution in [-0.4, -0.2) is 129 Å². The lowest BCUT2D eigenvalue weighted by Crippen LogP contribution is -2.53. The summed E-state index contributed by atoms with van der Waals surface area (Å²) in [5.41, 5.74) is -1.57. The third-order valence-corrected chi connectivity index (χ3v) is 22.2. The van der Waals surface area contributed by atoms with Crippen LogP contribution < -0.4 is 35.5 Å². The van der Waals surface area contributed by atoms with Crippen LogP contribution in [0.3, 0.4) is 0 Å². The van der Waals surface area contributed by atoms with Gasteiger partial charge in [0.15, 0.2) is 67.5 Å². The molecule has 3 fully saturated rings. The minimum Gasteiger partial charge on any atom is -0.756 e. The number of phosphoric ester groups is 1. The summed E-state index contributed by atoms with van der Waals surface area (Å²) in [5, 5.41) is 5.02. The van der Waals surface area contributed by atoms with Crippen LogP contribution >= 0.6 is 7.82 Å². The van der Waals surface area contributed by atoms with E-state index < -0.39 is 107 Å². The molecule has 28 heteroatoms. The van der Waals surface area contributed by atoms with E-state index in [9.17, 15) is 23.8 Å². The van der Waals surface area contributed by atoms with Crippen LogP contribution in [0, 0.1) is 5.92 Å². The van der Waals surface area contributed by atoms with Gasteiger partial charge in [0.05, 0.1) is 46.7 Å². The number of aromatic nitrogens is 9. The predicted octanol–water partition coefficient (Wildman–Crippen LogP) is 8.50. The second-order valence-electron chi connectivity index (χ2n) is 24.1. The van der Waals surface area contributed by atoms with Gasteiger partial charge in [-0.3, -0.25) is 38.4 Å². The molecule has 9 aromatic rings. The number of hydrogen-bond donors (Lipinski definition) is 3. The fraction of sp³-hybridized carbons (Fsp3) is 0.359. The molecule has 9 atom stereocenters. The zero-order valence-electron chi connectivity index (χ0n) is 51.9. The molecule has 0 spiro atoms. The number of anilines is 2. The topological polar surface area (TPSA) is 303 Å². The molecule has 8 heterocycles. The largest absolute Gasteiger partial charge is 0.756 e. The molecule has 92 heavy (non-hydrogen) atoms. The smallest absolute Gasteiger partial charge is 0.280 e. The van der Waals surface area contributed by atoms with Crippen LogP contribution in [0.2, 0.25) is 18.1 Å². The van der Waals surface area contributed by atoms with Gasteiger partial charge in [0.2, 0.25) is 11.9 Å². The van der Waals surface area contributed by atoms with Crippen LogP contribution in [0.5, 0.6) is 11.5 Å². The number of amides is 2. The number of ether oxygens (including phenoxy) is 6. The van der Waals surface area contributed by atoms with Crippen molar-refractivity contribution in [2.24, 2.45) is 5.92 Å². The van der Waals surface area contributed by atoms with Crippen LogP contribution in [0.25, 0.3) is 22.3 Å². The molecule has 0 aliphatic carbocycles. The first kappa shape index (κ1) is 65.0. The molecule has 2 amide bonds. The van der Waals surface area contributed by atoms with Gasteiger partial charge in [0, 0.05) is 23.6 Å². The molecule has 2 unspecified atom stereocenters. The highest BCUT2D eigenvalue weighted by Crippen LogP contribution is 2.54. The SMILES string of the molecule is COc1ccc(C(OC[C@H]2O[C@@H](n3cnc4c(=O)[nH]c(NC(=O)C(C)C)nc43)[C@H](OP(=O)([O-])OC[C@@]34CO[C@@H]([C@H](n5cnc6c(NC(=O)c7ccccc7)ncnc65)O3)[C@@H]4O[Si](C)(C)C(C)(C)C)C2F)(c2ccccc2)c2ccc(OC)cc2)cc1.c1cc[nH+]cc1. The molecule has 4 N–H and O–H groups in total. The first-order valence-corrected chi connectivity index (χ1v) is 34.0. The minimum absolute atomic E-state index is 0.131. The summed E-state index contributed by atoms with van der Waals surface area (Å²) in [5.74, 6) is -0.412. The number of methoxy groups -OCH3 is 2. The highest BCUT2D eigenvalue weighted by atomic mass is 31.2. The maximum atomic E-state index is 18.0. The van der Waals surface area contributed by atoms with Crippen molar-refractivity contribution in [3.8, 4) is 11.5 Å². The predicted molar refractivity (Wildman–Crippen MR) is 334 cm³/mol. The number of aromatic amines is 2. The molecule has 12 rings (SSSR count). The summed E-state index contributed by atoms with van der Waals surface area (Å²) in [4.78, 5) is 81.9. The number of nitrogens with zero attached hydrogens (tertiary/aromatic N) is 7. The molecule has 3 aliphatic heterocycles. The maximum absolute atomic E-state index is 18.0. The lowest BCUT2D eigenvalue weighted by atomic mass is 9.80. The van der Waals surface area contributed by atoms with E-state index in [1.165, 1.54) is 12.7 Å². The van der Waals surface area contributed by atoms with Gasteiger partial charge in [0.25, 0.3) is 19.3 Å². The lowest BCUT2D eigenvalue weighted by molar-refractivity contribution is -0.378. The molecule has 5 aromatic heterocycles. The number of imidazole rings is 2. The molecule has 0 saturated carbocycles. The van der Waals surface area contributed by atoms with Gasteiger partial charge in [-0.1, -0.05) is 113 Å². The van der Waals surface area contributed by atoms with E-state index in [1.54, 1.807) is 87.2 Å². The molecule has 4 aromatic carbocycles. The third-order valence-electron chi connectivity index (χ3n) is 16.8. The Bertz CT molecular complexity index is 4070. The van der Waals surface area contributed by atoms with E-state index in [2.05, 4.69) is 45.5 Å². The van der Waals surface area contributed by atoms with Crippen molar-refractivity contribution < 1.29 is 70.3 Å². The number of hydrogen-bond acceptors (Lipinski definition) is 19. The Balaban J connectivity index is 0.00000137. The van der Waals surface area contributed by atoms with Gasteiger partial charge in [-0.15, -0.1) is 0 Å². The fourth-order valence-corrected chi connectivity index (χ4v) is 13.2. The zero-order valence-corrected chi connectivity index (χ0v) is 53.8. The van der Waals surface area contributed by atoms with Crippen molar-refractivity contribution in [2.45, 2.75) is 107 Å². The van der Waals surface area contributed by atoms with Crippen LogP contribution in [-0.2, 0) is 47.4 Å². The summed E-state index contributed by atoms with van der Waals surface area (Å²) in [6.07, 6.45) is -2.98. The Kier molecular flexibility index (Phi) is 18.8. The van der Waals surface area contributed by atoms with Crippen LogP contribution in [0.1, 0.15) is 74.1 Å². The number of H-pyrrole nitrogens is 2. The normalized spacial score (nSPS) is 22.0. The van der Waals surface area contributed by atoms with E-state index in [0.29, 0.717) is 33.8 Å². The third kappa shape index (κ3) is 13.1. The fourth-order valence-electron chi connectivity index (χ4n) is 10.9. The number of carbonyl (C=O) groups is 2. The van der Waals surface area contributed by atoms with Gasteiger partial charge in [0.1, 0.15) is 53.4 Å². The molecular formula is C64H71FN11O14PSi. The summed E-state index contributed by atoms with van der Waals surface area (Å²) < 4.78 is 92.2. The number of fused-ring (bicyclic) bond motifs is 4. The number of phosphoric acid groups is 1. The summed E-state index contributed by atoms with van der Waals surface area (Å²) >= 11 is 0. The number of benzene rings is 4. The quantitative estimate of drug-likeness (QED) is 0.0345. The first-order chi connectivity index (χ1) is 44.0. The Hall–Kier alpha value is -8.47. The monoisotopic (exact) mass is 1300 g/mol. The van der Waals surface area contributed by atoms with Gasteiger partial charge in [-0.2, -0.15) is 4.98 Å². The molecule has 3 aliphatic rings. The van der Waals surface area contributed by atoms with E-state index >= 15 is 4.39 Å². The number of pyridine rings is 1. The van der Waals surface area contributed by atoms with Gasteiger partial charge in [-0.05, 0) is 71.2 Å². The van der Waals surface area contributed by atoms with Crippen molar-refractivity contribution >= 4 is 62.0 Å². The molecular weight excluding hydrogens is 1220 g/mol. The van der Waals surface area contributed by atoms with E-state index in [4.69, 9.17) is 41.9 Å². The number of carbonyl (C=O) groups excluding carboxylic acids is 2. The van der Waals surface area contributed by atoms with Crippen LogP contribution in [0.4, 0.5) is 16.2 Å².